The molecule has 0 aliphatic heterocycles. The van der Waals surface area contributed by atoms with E-state index in [0.29, 0.717) is 12.1 Å². The number of halogens is 2. The molecule has 0 radical (unpaired) electrons. The minimum absolute atomic E-state index is 0.102. The smallest absolute Gasteiger partial charge is 0.217 e. The van der Waals surface area contributed by atoms with Gasteiger partial charge in [-0.05, 0) is 70.2 Å². The van der Waals surface area contributed by atoms with Crippen molar-refractivity contribution in [3.63, 3.8) is 0 Å². The number of hydrogen-bond acceptors (Lipinski definition) is 4. The predicted molar refractivity (Wildman–Crippen MR) is 156 cm³/mol. The maximum Gasteiger partial charge on any atom is 0.217 e. The van der Waals surface area contributed by atoms with Crippen molar-refractivity contribution < 1.29 is 18.7 Å². The maximum absolute atomic E-state index is 13.7. The molecule has 0 aliphatic rings. The van der Waals surface area contributed by atoms with Crippen molar-refractivity contribution in [3.8, 4) is 10.4 Å². The predicted octanol–water partition coefficient (Wildman–Crippen LogP) is 6.63. The Bertz CT molecular complexity index is 1390. The maximum atomic E-state index is 13.7. The minimum atomic E-state index is -0.967. The first-order chi connectivity index (χ1) is 18.5. The molecule has 3 N–H and O–H groups in total. The Morgan fingerprint density at radius 3 is 2.36 bits per heavy atom. The number of rotatable bonds is 10. The zero-order chi connectivity index (χ0) is 28.2. The lowest BCUT2D eigenvalue weighted by molar-refractivity contribution is -0.120. The number of nitrogens with one attached hydrogen (secondary N) is 2. The van der Waals surface area contributed by atoms with Crippen molar-refractivity contribution in [2.75, 3.05) is 6.54 Å². The van der Waals surface area contributed by atoms with E-state index in [-0.39, 0.29) is 24.3 Å². The number of benzene rings is 3. The van der Waals surface area contributed by atoms with Crippen molar-refractivity contribution in [2.24, 2.45) is 5.41 Å². The summed E-state index contributed by atoms with van der Waals surface area (Å²) in [5, 5.41) is 18.3. The van der Waals surface area contributed by atoms with Gasteiger partial charge in [0.15, 0.2) is 0 Å². The standard InChI is InChI=1S/C32H36F2N2O2S/c1-20(37)36-28(14-22-12-25(33)16-26(34)13-22)29(38)19-35-18-24-11-21(17-32(2,3)4)9-10-27(24)31-15-23-7-5-6-8-30(23)39-31/h5-13,15-16,28-29,35,38H,14,17-19H2,1-4H3,(H,36,37). The van der Waals surface area contributed by atoms with E-state index >= 15 is 0 Å². The Morgan fingerprint density at radius 1 is 0.974 bits per heavy atom. The van der Waals surface area contributed by atoms with Crippen molar-refractivity contribution in [1.82, 2.24) is 10.6 Å². The number of carbonyl (C=O) groups is 1. The second-order valence-corrected chi connectivity index (χ2v) is 12.4. The normalized spacial score (nSPS) is 13.4. The molecule has 1 heterocycles. The van der Waals surface area contributed by atoms with Crippen LogP contribution in [0.3, 0.4) is 0 Å². The summed E-state index contributed by atoms with van der Waals surface area (Å²) in [4.78, 5) is 13.0. The van der Waals surface area contributed by atoms with Gasteiger partial charge < -0.3 is 15.7 Å². The first-order valence-corrected chi connectivity index (χ1v) is 14.0. The van der Waals surface area contributed by atoms with Gasteiger partial charge in [0.1, 0.15) is 11.6 Å². The van der Waals surface area contributed by atoms with Crippen LogP contribution in [0.4, 0.5) is 8.78 Å². The second-order valence-electron chi connectivity index (χ2n) is 11.4. The van der Waals surface area contributed by atoms with Gasteiger partial charge in [-0.15, -0.1) is 11.3 Å². The summed E-state index contributed by atoms with van der Waals surface area (Å²) < 4.78 is 28.7. The molecular formula is C32H36F2N2O2S. The lowest BCUT2D eigenvalue weighted by Crippen LogP contribution is -2.48. The summed E-state index contributed by atoms with van der Waals surface area (Å²) in [6, 6.07) is 19.7. The summed E-state index contributed by atoms with van der Waals surface area (Å²) in [6.45, 7) is 8.71. The van der Waals surface area contributed by atoms with E-state index in [1.807, 2.05) is 12.1 Å². The molecule has 0 fully saturated rings. The quantitative estimate of drug-likeness (QED) is 0.208. The molecule has 7 heteroatoms. The molecule has 4 aromatic rings. The van der Waals surface area contributed by atoms with Gasteiger partial charge >= 0.3 is 0 Å². The highest BCUT2D eigenvalue weighted by Crippen LogP contribution is 2.36. The number of aliphatic hydroxyl groups excluding tert-OH is 1. The zero-order valence-electron chi connectivity index (χ0n) is 22.9. The molecule has 39 heavy (non-hydrogen) atoms. The molecule has 0 aliphatic carbocycles. The van der Waals surface area contributed by atoms with Crippen molar-refractivity contribution >= 4 is 27.3 Å². The lowest BCUT2D eigenvalue weighted by atomic mass is 9.87. The van der Waals surface area contributed by atoms with Crippen molar-refractivity contribution in [1.29, 1.82) is 0 Å². The first-order valence-electron chi connectivity index (χ1n) is 13.2. The van der Waals surface area contributed by atoms with E-state index in [1.165, 1.54) is 39.6 Å². The SMILES string of the molecule is CC(=O)NC(Cc1cc(F)cc(F)c1)C(O)CNCc1cc(CC(C)(C)C)ccc1-c1cc2ccccc2s1. The number of hydrogen-bond donors (Lipinski definition) is 3. The Labute approximate surface area is 233 Å². The fraction of sp³-hybridized carbons (Fsp3) is 0.344. The van der Waals surface area contributed by atoms with E-state index in [4.69, 9.17) is 0 Å². The summed E-state index contributed by atoms with van der Waals surface area (Å²) in [6.07, 6.45) is 0.0701. The fourth-order valence-corrected chi connectivity index (χ4v) is 6.02. The number of aliphatic hydroxyl groups is 1. The Morgan fingerprint density at radius 2 is 1.69 bits per heavy atom. The monoisotopic (exact) mass is 550 g/mol. The van der Waals surface area contributed by atoms with Crippen molar-refractivity contribution in [3.05, 3.63) is 95.1 Å². The van der Waals surface area contributed by atoms with Crippen LogP contribution in [0.1, 0.15) is 44.4 Å². The van der Waals surface area contributed by atoms with Crippen LogP contribution >= 0.6 is 11.3 Å². The molecule has 0 saturated heterocycles. The van der Waals surface area contributed by atoms with Crippen LogP contribution in [-0.2, 0) is 24.2 Å². The number of fused-ring (bicyclic) bond motifs is 1. The first kappa shape index (κ1) is 28.9. The second kappa shape index (κ2) is 12.4. The van der Waals surface area contributed by atoms with Gasteiger partial charge in [-0.3, -0.25) is 4.79 Å². The van der Waals surface area contributed by atoms with Crippen LogP contribution in [0.2, 0.25) is 0 Å². The topological polar surface area (TPSA) is 61.4 Å². The molecule has 2 unspecified atom stereocenters. The molecule has 4 nitrogen and oxygen atoms in total. The lowest BCUT2D eigenvalue weighted by Gasteiger charge is -2.25. The summed E-state index contributed by atoms with van der Waals surface area (Å²) >= 11 is 1.75. The van der Waals surface area contributed by atoms with Crippen LogP contribution in [-0.4, -0.2) is 29.7 Å². The molecule has 4 rings (SSSR count). The van der Waals surface area contributed by atoms with E-state index in [9.17, 15) is 18.7 Å². The number of carbonyl (C=O) groups excluding carboxylic acids is 1. The Balaban J connectivity index is 1.53. The van der Waals surface area contributed by atoms with E-state index in [1.54, 1.807) is 11.3 Å². The van der Waals surface area contributed by atoms with Crippen LogP contribution in [0.15, 0.2) is 66.7 Å². The van der Waals surface area contributed by atoms with Crippen molar-refractivity contribution in [2.45, 2.75) is 59.2 Å². The molecule has 1 amide bonds. The van der Waals surface area contributed by atoms with Gasteiger partial charge in [-0.25, -0.2) is 8.78 Å². The van der Waals surface area contributed by atoms with Gasteiger partial charge in [0.2, 0.25) is 5.91 Å². The highest BCUT2D eigenvalue weighted by Gasteiger charge is 2.22. The van der Waals surface area contributed by atoms with Crippen LogP contribution < -0.4 is 10.6 Å². The van der Waals surface area contributed by atoms with Crippen LogP contribution in [0.25, 0.3) is 20.5 Å². The van der Waals surface area contributed by atoms with Gasteiger partial charge in [0.25, 0.3) is 0 Å². The largest absolute Gasteiger partial charge is 0.390 e. The highest BCUT2D eigenvalue weighted by atomic mass is 32.1. The minimum Gasteiger partial charge on any atom is -0.390 e. The van der Waals surface area contributed by atoms with E-state index in [0.717, 1.165) is 23.6 Å². The number of amides is 1. The summed E-state index contributed by atoms with van der Waals surface area (Å²) in [5.41, 5.74) is 4.02. The molecule has 206 valence electrons. The third kappa shape index (κ3) is 8.18. The third-order valence-corrected chi connectivity index (χ3v) is 7.64. The fourth-order valence-electron chi connectivity index (χ4n) is 4.89. The van der Waals surface area contributed by atoms with E-state index < -0.39 is 23.8 Å². The van der Waals surface area contributed by atoms with Crippen LogP contribution in [0, 0.1) is 17.0 Å². The van der Waals surface area contributed by atoms with Crippen LogP contribution in [0.5, 0.6) is 0 Å². The molecule has 0 saturated carbocycles. The van der Waals surface area contributed by atoms with E-state index in [2.05, 4.69) is 67.8 Å². The molecule has 0 bridgehead atoms. The van der Waals surface area contributed by atoms with Gasteiger partial charge in [-0.2, -0.15) is 0 Å². The number of thiophene rings is 1. The Hall–Kier alpha value is -3.13. The molecule has 3 aromatic carbocycles. The van der Waals surface area contributed by atoms with Gasteiger partial charge in [0.05, 0.1) is 12.1 Å². The molecule has 1 aromatic heterocycles. The average Bonchev–Trinajstić information content (AvgIpc) is 3.26. The third-order valence-electron chi connectivity index (χ3n) is 6.50. The average molecular weight is 551 g/mol. The molecule has 2 atom stereocenters. The summed E-state index contributed by atoms with van der Waals surface area (Å²) in [7, 11) is 0. The van der Waals surface area contributed by atoms with Gasteiger partial charge in [-0.1, -0.05) is 57.2 Å². The van der Waals surface area contributed by atoms with Gasteiger partial charge in [0, 0.05) is 35.7 Å². The molecule has 0 spiro atoms. The zero-order valence-corrected chi connectivity index (χ0v) is 23.7. The Kier molecular flexibility index (Phi) is 9.15. The molecular weight excluding hydrogens is 514 g/mol. The highest BCUT2D eigenvalue weighted by molar-refractivity contribution is 7.22. The summed E-state index contributed by atoms with van der Waals surface area (Å²) in [5.74, 6) is -1.70.